The fraction of sp³-hybridized carbons (Fsp3) is 0.583. The minimum absolute atomic E-state index is 0.178. The Kier molecular flexibility index (Phi) is 4.15. The van der Waals surface area contributed by atoms with Crippen molar-refractivity contribution in [1.29, 1.82) is 0 Å². The van der Waals surface area contributed by atoms with Gasteiger partial charge in [0.1, 0.15) is 0 Å². The molecule has 0 aliphatic heterocycles. The molecule has 3 N–H and O–H groups in total. The third-order valence-electron chi connectivity index (χ3n) is 3.03. The second-order valence-corrected chi connectivity index (χ2v) is 5.37. The van der Waals surface area contributed by atoms with E-state index >= 15 is 0 Å². The van der Waals surface area contributed by atoms with Crippen LogP contribution in [0.4, 0.5) is 0 Å². The number of hydrogen-bond acceptors (Lipinski definition) is 4. The normalized spacial score (nSPS) is 15.2. The number of carbonyl (C=O) groups excluding carboxylic acids is 1. The van der Waals surface area contributed by atoms with Crippen LogP contribution in [0, 0.1) is 0 Å². The number of thiophene rings is 1. The first-order valence-electron chi connectivity index (χ1n) is 6.07. The number of carbonyl (C=O) groups is 1. The fourth-order valence-corrected chi connectivity index (χ4v) is 2.88. The van der Waals surface area contributed by atoms with Gasteiger partial charge in [-0.3, -0.25) is 15.1 Å². The van der Waals surface area contributed by atoms with Gasteiger partial charge in [0.15, 0.2) is 0 Å². The molecular weight excluding hydrogens is 234 g/mol. The van der Waals surface area contributed by atoms with E-state index in [1.54, 1.807) is 0 Å². The second kappa shape index (κ2) is 5.62. The molecule has 0 atom stereocenters. The lowest BCUT2D eigenvalue weighted by Gasteiger charge is -2.21. The van der Waals surface area contributed by atoms with Crippen molar-refractivity contribution in [1.82, 2.24) is 10.3 Å². The van der Waals surface area contributed by atoms with Gasteiger partial charge in [0, 0.05) is 12.6 Å². The quantitative estimate of drug-likeness (QED) is 0.461. The van der Waals surface area contributed by atoms with Gasteiger partial charge in [-0.05, 0) is 42.8 Å². The average molecular weight is 253 g/mol. The molecule has 2 rings (SSSR count). The first-order valence-corrected chi connectivity index (χ1v) is 6.95. The Morgan fingerprint density at radius 3 is 3.00 bits per heavy atom. The van der Waals surface area contributed by atoms with E-state index in [0.29, 0.717) is 0 Å². The summed E-state index contributed by atoms with van der Waals surface area (Å²) < 4.78 is 0. The lowest BCUT2D eigenvalue weighted by molar-refractivity contribution is 0.0955. The number of rotatable bonds is 6. The molecule has 0 saturated heterocycles. The minimum atomic E-state index is -0.178. The van der Waals surface area contributed by atoms with Gasteiger partial charge in [-0.2, -0.15) is 0 Å². The van der Waals surface area contributed by atoms with Crippen molar-refractivity contribution in [2.75, 3.05) is 6.54 Å². The zero-order valence-corrected chi connectivity index (χ0v) is 10.9. The predicted molar refractivity (Wildman–Crippen MR) is 69.7 cm³/mol. The third-order valence-corrected chi connectivity index (χ3v) is 3.99. The molecular formula is C12H19N3OS. The molecule has 1 aromatic rings. The number of amides is 1. The van der Waals surface area contributed by atoms with E-state index < -0.39 is 0 Å². The monoisotopic (exact) mass is 253 g/mol. The topological polar surface area (TPSA) is 58.4 Å². The van der Waals surface area contributed by atoms with Crippen LogP contribution in [-0.2, 0) is 6.54 Å². The molecule has 1 fully saturated rings. The molecule has 5 heteroatoms. The Balaban J connectivity index is 2.06. The smallest absolute Gasteiger partial charge is 0.275 e. The SMILES string of the molecule is CCCN(Cc1ccsc1C(=O)NN)C1CC1. The van der Waals surface area contributed by atoms with Crippen LogP contribution in [0.1, 0.15) is 41.4 Å². The molecule has 1 heterocycles. The van der Waals surface area contributed by atoms with Crippen LogP contribution >= 0.6 is 11.3 Å². The maximum absolute atomic E-state index is 11.6. The van der Waals surface area contributed by atoms with Crippen molar-refractivity contribution in [3.8, 4) is 0 Å². The van der Waals surface area contributed by atoms with Gasteiger partial charge in [-0.1, -0.05) is 6.92 Å². The Bertz CT molecular complexity index is 387. The number of hydrazine groups is 1. The molecule has 0 aromatic carbocycles. The number of hydrogen-bond donors (Lipinski definition) is 2. The molecule has 94 valence electrons. The maximum atomic E-state index is 11.6. The van der Waals surface area contributed by atoms with Gasteiger partial charge >= 0.3 is 0 Å². The van der Waals surface area contributed by atoms with E-state index in [1.165, 1.54) is 24.2 Å². The molecule has 0 unspecified atom stereocenters. The van der Waals surface area contributed by atoms with Crippen LogP contribution in [-0.4, -0.2) is 23.4 Å². The summed E-state index contributed by atoms with van der Waals surface area (Å²) in [7, 11) is 0. The van der Waals surface area contributed by atoms with Crippen LogP contribution in [0.15, 0.2) is 11.4 Å². The first-order chi connectivity index (χ1) is 8.26. The van der Waals surface area contributed by atoms with E-state index in [9.17, 15) is 4.79 Å². The van der Waals surface area contributed by atoms with Gasteiger partial charge in [0.2, 0.25) is 0 Å². The number of nitrogen functional groups attached to an aromatic ring is 1. The lowest BCUT2D eigenvalue weighted by Crippen LogP contribution is -2.31. The summed E-state index contributed by atoms with van der Waals surface area (Å²) in [6.45, 7) is 4.16. The van der Waals surface area contributed by atoms with Gasteiger partial charge in [-0.15, -0.1) is 11.3 Å². The van der Waals surface area contributed by atoms with E-state index in [0.717, 1.165) is 36.0 Å². The zero-order valence-electron chi connectivity index (χ0n) is 10.1. The summed E-state index contributed by atoms with van der Waals surface area (Å²) in [5.74, 6) is 5.01. The summed E-state index contributed by atoms with van der Waals surface area (Å²) >= 11 is 1.46. The van der Waals surface area contributed by atoms with Crippen molar-refractivity contribution in [3.05, 3.63) is 21.9 Å². The van der Waals surface area contributed by atoms with Crippen LogP contribution in [0.2, 0.25) is 0 Å². The van der Waals surface area contributed by atoms with E-state index in [-0.39, 0.29) is 5.91 Å². The highest BCUT2D eigenvalue weighted by atomic mass is 32.1. The van der Waals surface area contributed by atoms with E-state index in [4.69, 9.17) is 5.84 Å². The van der Waals surface area contributed by atoms with Crippen molar-refractivity contribution in [2.24, 2.45) is 5.84 Å². The summed E-state index contributed by atoms with van der Waals surface area (Å²) in [5, 5.41) is 1.96. The number of nitrogens with zero attached hydrogens (tertiary/aromatic N) is 1. The van der Waals surface area contributed by atoms with E-state index in [1.807, 2.05) is 11.4 Å². The molecule has 1 aliphatic rings. The molecule has 4 nitrogen and oxygen atoms in total. The van der Waals surface area contributed by atoms with Crippen LogP contribution < -0.4 is 11.3 Å². The molecule has 0 bridgehead atoms. The maximum Gasteiger partial charge on any atom is 0.275 e. The fourth-order valence-electron chi connectivity index (χ4n) is 2.06. The molecule has 0 radical (unpaired) electrons. The van der Waals surface area contributed by atoms with Crippen molar-refractivity contribution < 1.29 is 4.79 Å². The molecule has 1 aromatic heterocycles. The molecule has 1 aliphatic carbocycles. The Hall–Kier alpha value is -0.910. The molecule has 1 saturated carbocycles. The van der Waals surface area contributed by atoms with Gasteiger partial charge in [0.05, 0.1) is 4.88 Å². The third kappa shape index (κ3) is 3.06. The van der Waals surface area contributed by atoms with Crippen LogP contribution in [0.3, 0.4) is 0 Å². The Labute approximate surface area is 106 Å². The van der Waals surface area contributed by atoms with Gasteiger partial charge in [-0.25, -0.2) is 5.84 Å². The molecule has 0 spiro atoms. The molecule has 17 heavy (non-hydrogen) atoms. The average Bonchev–Trinajstić information content (AvgIpc) is 3.08. The summed E-state index contributed by atoms with van der Waals surface area (Å²) in [6.07, 6.45) is 3.74. The Morgan fingerprint density at radius 1 is 1.65 bits per heavy atom. The van der Waals surface area contributed by atoms with Crippen molar-refractivity contribution >= 4 is 17.2 Å². The number of nitrogens with two attached hydrogens (primary N) is 1. The first kappa shape index (κ1) is 12.5. The number of nitrogens with one attached hydrogen (secondary N) is 1. The second-order valence-electron chi connectivity index (χ2n) is 4.45. The molecule has 1 amide bonds. The highest BCUT2D eigenvalue weighted by Crippen LogP contribution is 2.29. The Morgan fingerprint density at radius 2 is 2.41 bits per heavy atom. The zero-order chi connectivity index (χ0) is 12.3. The highest BCUT2D eigenvalue weighted by Gasteiger charge is 2.29. The van der Waals surface area contributed by atoms with Crippen molar-refractivity contribution in [2.45, 2.75) is 38.8 Å². The summed E-state index contributed by atoms with van der Waals surface area (Å²) in [5.41, 5.74) is 3.31. The predicted octanol–water partition coefficient (Wildman–Crippen LogP) is 1.73. The minimum Gasteiger partial charge on any atom is -0.296 e. The summed E-state index contributed by atoms with van der Waals surface area (Å²) in [6, 6.07) is 2.75. The lowest BCUT2D eigenvalue weighted by atomic mass is 10.2. The summed E-state index contributed by atoms with van der Waals surface area (Å²) in [4.78, 5) is 14.8. The standard InChI is InChI=1S/C12H19N3OS/c1-2-6-15(10-3-4-10)8-9-5-7-17-11(9)12(16)14-13/h5,7,10H,2-4,6,8,13H2,1H3,(H,14,16). The van der Waals surface area contributed by atoms with Gasteiger partial charge < -0.3 is 0 Å². The van der Waals surface area contributed by atoms with Crippen LogP contribution in [0.5, 0.6) is 0 Å². The van der Waals surface area contributed by atoms with Crippen molar-refractivity contribution in [3.63, 3.8) is 0 Å². The van der Waals surface area contributed by atoms with Gasteiger partial charge in [0.25, 0.3) is 5.91 Å². The largest absolute Gasteiger partial charge is 0.296 e. The highest BCUT2D eigenvalue weighted by molar-refractivity contribution is 7.12. The van der Waals surface area contributed by atoms with Crippen LogP contribution in [0.25, 0.3) is 0 Å². The van der Waals surface area contributed by atoms with E-state index in [2.05, 4.69) is 17.2 Å².